The highest BCUT2D eigenvalue weighted by molar-refractivity contribution is 5.79. The third-order valence-electron chi connectivity index (χ3n) is 4.44. The molecule has 0 aromatic heterocycles. The van der Waals surface area contributed by atoms with Gasteiger partial charge in [0, 0.05) is 23.9 Å². The molecule has 0 saturated carbocycles. The Morgan fingerprint density at radius 1 is 1.30 bits per heavy atom. The van der Waals surface area contributed by atoms with Crippen molar-refractivity contribution in [2.75, 3.05) is 6.54 Å². The second-order valence-electron chi connectivity index (χ2n) is 6.07. The van der Waals surface area contributed by atoms with Gasteiger partial charge in [-0.05, 0) is 38.8 Å². The Morgan fingerprint density at radius 2 is 2.00 bits per heavy atom. The smallest absolute Gasteiger partial charge is 0.223 e. The van der Waals surface area contributed by atoms with E-state index in [-0.39, 0.29) is 17.9 Å². The van der Waals surface area contributed by atoms with Gasteiger partial charge in [-0.2, -0.15) is 0 Å². The number of hydrogen-bond donors (Lipinski definition) is 2. The number of benzene rings is 1. The van der Waals surface area contributed by atoms with Gasteiger partial charge in [-0.15, -0.1) is 0 Å². The summed E-state index contributed by atoms with van der Waals surface area (Å²) in [5.74, 6) is 0.713. The largest absolute Gasteiger partial charge is 0.353 e. The number of hydrogen-bond acceptors (Lipinski definition) is 2. The minimum atomic E-state index is 0.162. The maximum absolute atomic E-state index is 12.4. The van der Waals surface area contributed by atoms with Gasteiger partial charge in [0.05, 0.1) is 0 Å². The first-order valence-electron chi connectivity index (χ1n) is 7.66. The van der Waals surface area contributed by atoms with E-state index in [0.717, 1.165) is 19.4 Å². The quantitative estimate of drug-likeness (QED) is 0.886. The molecule has 20 heavy (non-hydrogen) atoms. The van der Waals surface area contributed by atoms with Gasteiger partial charge in [-0.25, -0.2) is 0 Å². The molecule has 2 N–H and O–H groups in total. The SMILES string of the molecule is CC(NC(=O)[C@H]1CCN[C@@H](C)C1)C(C)c1ccccc1. The van der Waals surface area contributed by atoms with Crippen LogP contribution < -0.4 is 10.6 Å². The van der Waals surface area contributed by atoms with Crippen LogP contribution in [0.4, 0.5) is 0 Å². The number of piperidine rings is 1. The Labute approximate surface area is 122 Å². The van der Waals surface area contributed by atoms with Crippen LogP contribution in [0.25, 0.3) is 0 Å². The molecular weight excluding hydrogens is 248 g/mol. The summed E-state index contributed by atoms with van der Waals surface area (Å²) in [6.45, 7) is 7.36. The van der Waals surface area contributed by atoms with Gasteiger partial charge in [0.2, 0.25) is 5.91 Å². The van der Waals surface area contributed by atoms with Crippen molar-refractivity contribution in [3.05, 3.63) is 35.9 Å². The van der Waals surface area contributed by atoms with E-state index in [1.54, 1.807) is 0 Å². The minimum Gasteiger partial charge on any atom is -0.353 e. The van der Waals surface area contributed by atoms with Crippen LogP contribution in [-0.4, -0.2) is 24.5 Å². The Balaban J connectivity index is 1.90. The second-order valence-corrected chi connectivity index (χ2v) is 6.07. The van der Waals surface area contributed by atoms with Gasteiger partial charge in [0.1, 0.15) is 0 Å². The van der Waals surface area contributed by atoms with Crippen LogP contribution in [-0.2, 0) is 4.79 Å². The van der Waals surface area contributed by atoms with Crippen LogP contribution in [0.15, 0.2) is 30.3 Å². The predicted molar refractivity (Wildman–Crippen MR) is 82.7 cm³/mol. The van der Waals surface area contributed by atoms with E-state index in [1.165, 1.54) is 5.56 Å². The van der Waals surface area contributed by atoms with Gasteiger partial charge < -0.3 is 10.6 Å². The highest BCUT2D eigenvalue weighted by Crippen LogP contribution is 2.21. The van der Waals surface area contributed by atoms with Crippen molar-refractivity contribution in [1.82, 2.24) is 10.6 Å². The summed E-state index contributed by atoms with van der Waals surface area (Å²) >= 11 is 0. The molecule has 1 aliphatic rings. The van der Waals surface area contributed by atoms with Crippen LogP contribution in [0, 0.1) is 5.92 Å². The fourth-order valence-electron chi connectivity index (χ4n) is 2.88. The van der Waals surface area contributed by atoms with Crippen molar-refractivity contribution in [2.45, 2.75) is 51.6 Å². The van der Waals surface area contributed by atoms with Crippen LogP contribution in [0.2, 0.25) is 0 Å². The monoisotopic (exact) mass is 274 g/mol. The molecule has 1 amide bonds. The van der Waals surface area contributed by atoms with Gasteiger partial charge in [0.15, 0.2) is 0 Å². The van der Waals surface area contributed by atoms with E-state index in [4.69, 9.17) is 0 Å². The van der Waals surface area contributed by atoms with Crippen molar-refractivity contribution in [3.8, 4) is 0 Å². The number of amides is 1. The van der Waals surface area contributed by atoms with Gasteiger partial charge in [-0.3, -0.25) is 4.79 Å². The van der Waals surface area contributed by atoms with E-state index in [1.807, 2.05) is 6.07 Å². The van der Waals surface area contributed by atoms with E-state index < -0.39 is 0 Å². The van der Waals surface area contributed by atoms with Crippen molar-refractivity contribution >= 4 is 5.91 Å². The molecule has 1 aliphatic heterocycles. The third-order valence-corrected chi connectivity index (χ3v) is 4.44. The lowest BCUT2D eigenvalue weighted by Crippen LogP contribution is -2.45. The zero-order valence-corrected chi connectivity index (χ0v) is 12.7. The predicted octanol–water partition coefficient (Wildman–Crippen LogP) is 2.68. The lowest BCUT2D eigenvalue weighted by atomic mass is 9.90. The molecule has 1 fully saturated rings. The average molecular weight is 274 g/mol. The standard InChI is InChI=1S/C17H26N2O/c1-12-11-16(9-10-18-12)17(20)19-14(3)13(2)15-7-5-4-6-8-15/h4-8,12-14,16,18H,9-11H2,1-3H3,(H,19,20)/t12-,13?,14?,16-/m0/s1. The van der Waals surface area contributed by atoms with E-state index in [2.05, 4.69) is 55.7 Å². The molecule has 4 atom stereocenters. The summed E-state index contributed by atoms with van der Waals surface area (Å²) in [7, 11) is 0. The summed E-state index contributed by atoms with van der Waals surface area (Å²) < 4.78 is 0. The maximum Gasteiger partial charge on any atom is 0.223 e. The normalized spacial score (nSPS) is 25.8. The Bertz CT molecular complexity index is 432. The molecule has 3 heteroatoms. The number of carbonyl (C=O) groups is 1. The van der Waals surface area contributed by atoms with Crippen molar-refractivity contribution < 1.29 is 4.79 Å². The first-order chi connectivity index (χ1) is 9.58. The summed E-state index contributed by atoms with van der Waals surface area (Å²) in [6, 6.07) is 11.0. The van der Waals surface area contributed by atoms with Crippen LogP contribution in [0.1, 0.15) is 45.1 Å². The summed E-state index contributed by atoms with van der Waals surface area (Å²) in [4.78, 5) is 12.4. The zero-order valence-electron chi connectivity index (χ0n) is 12.7. The third kappa shape index (κ3) is 3.83. The fraction of sp³-hybridized carbons (Fsp3) is 0.588. The van der Waals surface area contributed by atoms with E-state index in [0.29, 0.717) is 12.0 Å². The molecular formula is C17H26N2O. The number of nitrogens with one attached hydrogen (secondary N) is 2. The van der Waals surface area contributed by atoms with Crippen molar-refractivity contribution in [2.24, 2.45) is 5.92 Å². The molecule has 2 rings (SSSR count). The zero-order chi connectivity index (χ0) is 14.5. The molecule has 2 unspecified atom stereocenters. The highest BCUT2D eigenvalue weighted by atomic mass is 16.1. The Morgan fingerprint density at radius 3 is 2.65 bits per heavy atom. The molecule has 0 radical (unpaired) electrons. The average Bonchev–Trinajstić information content (AvgIpc) is 2.47. The first kappa shape index (κ1) is 15.0. The molecule has 0 bridgehead atoms. The molecule has 1 aromatic carbocycles. The van der Waals surface area contributed by atoms with Gasteiger partial charge >= 0.3 is 0 Å². The first-order valence-corrected chi connectivity index (χ1v) is 7.66. The molecule has 110 valence electrons. The molecule has 1 heterocycles. The Hall–Kier alpha value is -1.35. The summed E-state index contributed by atoms with van der Waals surface area (Å²) in [5.41, 5.74) is 1.28. The van der Waals surface area contributed by atoms with Gasteiger partial charge in [-0.1, -0.05) is 37.3 Å². The van der Waals surface area contributed by atoms with Crippen molar-refractivity contribution in [3.63, 3.8) is 0 Å². The lowest BCUT2D eigenvalue weighted by Gasteiger charge is -2.29. The molecule has 3 nitrogen and oxygen atoms in total. The van der Waals surface area contributed by atoms with Crippen molar-refractivity contribution in [1.29, 1.82) is 0 Å². The van der Waals surface area contributed by atoms with E-state index in [9.17, 15) is 4.79 Å². The second kappa shape index (κ2) is 6.89. The molecule has 1 saturated heterocycles. The lowest BCUT2D eigenvalue weighted by molar-refractivity contribution is -0.126. The topological polar surface area (TPSA) is 41.1 Å². The molecule has 1 aromatic rings. The van der Waals surface area contributed by atoms with E-state index >= 15 is 0 Å². The minimum absolute atomic E-state index is 0.162. The maximum atomic E-state index is 12.4. The van der Waals surface area contributed by atoms with Gasteiger partial charge in [0.25, 0.3) is 0 Å². The summed E-state index contributed by atoms with van der Waals surface area (Å²) in [6.07, 6.45) is 1.89. The fourth-order valence-corrected chi connectivity index (χ4v) is 2.88. The number of carbonyl (C=O) groups excluding carboxylic acids is 1. The highest BCUT2D eigenvalue weighted by Gasteiger charge is 2.26. The Kier molecular flexibility index (Phi) is 5.18. The van der Waals surface area contributed by atoms with Crippen LogP contribution in [0.5, 0.6) is 0 Å². The molecule has 0 spiro atoms. The number of rotatable bonds is 4. The van der Waals surface area contributed by atoms with Crippen LogP contribution >= 0.6 is 0 Å². The summed E-state index contributed by atoms with van der Waals surface area (Å²) in [5, 5.41) is 6.59. The van der Waals surface area contributed by atoms with Crippen LogP contribution in [0.3, 0.4) is 0 Å². The molecule has 0 aliphatic carbocycles.